The fraction of sp³-hybridized carbons (Fsp3) is 0.650. The first kappa shape index (κ1) is 18.2. The van der Waals surface area contributed by atoms with E-state index in [1.807, 2.05) is 19.1 Å². The normalized spacial score (nSPS) is 31.6. The van der Waals surface area contributed by atoms with Crippen LogP contribution in [0.25, 0.3) is 0 Å². The number of hydrogen-bond donors (Lipinski definition) is 2. The summed E-state index contributed by atoms with van der Waals surface area (Å²) >= 11 is 0. The van der Waals surface area contributed by atoms with E-state index in [1.165, 1.54) is 6.33 Å². The molecule has 0 saturated carbocycles. The van der Waals surface area contributed by atoms with Gasteiger partial charge in [0.05, 0.1) is 11.7 Å². The third kappa shape index (κ3) is 3.52. The van der Waals surface area contributed by atoms with Gasteiger partial charge in [-0.2, -0.15) is 0 Å². The number of rotatable bonds is 7. The zero-order chi connectivity index (χ0) is 18.9. The van der Waals surface area contributed by atoms with Crippen molar-refractivity contribution in [3.05, 3.63) is 24.5 Å². The average molecular weight is 371 g/mol. The number of amides is 1. The quantitative estimate of drug-likeness (QED) is 0.562. The van der Waals surface area contributed by atoms with E-state index in [-0.39, 0.29) is 17.6 Å². The number of hydrogen-bond acceptors (Lipinski definition) is 6. The highest BCUT2D eigenvalue weighted by Gasteiger charge is 2.63. The highest BCUT2D eigenvalue weighted by Crippen LogP contribution is 2.55. The van der Waals surface area contributed by atoms with Crippen LogP contribution in [-0.2, 0) is 9.53 Å². The number of carbonyl (C=O) groups excluding carboxylic acids is 1. The molecule has 1 amide bonds. The van der Waals surface area contributed by atoms with Gasteiger partial charge in [-0.1, -0.05) is 12.2 Å². The van der Waals surface area contributed by atoms with Crippen LogP contribution >= 0.6 is 0 Å². The summed E-state index contributed by atoms with van der Waals surface area (Å²) in [4.78, 5) is 22.8. The molecule has 0 unspecified atom stereocenters. The van der Waals surface area contributed by atoms with Gasteiger partial charge < -0.3 is 20.7 Å². The number of anilines is 2. The highest BCUT2D eigenvalue weighted by molar-refractivity contribution is 5.75. The van der Waals surface area contributed by atoms with Gasteiger partial charge in [-0.3, -0.25) is 4.79 Å². The van der Waals surface area contributed by atoms with E-state index in [4.69, 9.17) is 10.5 Å². The van der Waals surface area contributed by atoms with Crippen LogP contribution in [0, 0.1) is 11.8 Å². The molecule has 3 aliphatic heterocycles. The van der Waals surface area contributed by atoms with Crippen LogP contribution in [-0.4, -0.2) is 47.2 Å². The smallest absolute Gasteiger partial charge is 0.220 e. The molecule has 1 spiro atoms. The molecule has 3 fully saturated rings. The van der Waals surface area contributed by atoms with Crippen LogP contribution in [0.1, 0.15) is 39.0 Å². The van der Waals surface area contributed by atoms with E-state index >= 15 is 0 Å². The maximum Gasteiger partial charge on any atom is 0.220 e. The number of nitrogens with zero attached hydrogens (tertiary/aromatic N) is 3. The monoisotopic (exact) mass is 371 g/mol. The molecule has 146 valence electrons. The maximum atomic E-state index is 12.2. The minimum atomic E-state index is -0.0916. The molecule has 4 heterocycles. The number of carbonyl (C=O) groups is 1. The number of nitrogens with one attached hydrogen (secondary N) is 1. The first-order valence-corrected chi connectivity index (χ1v) is 9.99. The van der Waals surface area contributed by atoms with Crippen molar-refractivity contribution in [3.63, 3.8) is 0 Å². The van der Waals surface area contributed by atoms with Crippen LogP contribution in [0.2, 0.25) is 0 Å². The number of nitrogens with two attached hydrogens (primary N) is 1. The van der Waals surface area contributed by atoms with Crippen LogP contribution in [0.3, 0.4) is 0 Å². The molecule has 3 saturated heterocycles. The molecule has 7 heteroatoms. The molecule has 1 aromatic heterocycles. The average Bonchev–Trinajstić information content (AvgIpc) is 3.32. The molecule has 0 radical (unpaired) electrons. The van der Waals surface area contributed by atoms with Crippen LogP contribution in [0.5, 0.6) is 0 Å². The van der Waals surface area contributed by atoms with Gasteiger partial charge in [0.15, 0.2) is 0 Å². The Morgan fingerprint density at radius 3 is 3.22 bits per heavy atom. The Kier molecular flexibility index (Phi) is 5.04. The first-order valence-electron chi connectivity index (χ1n) is 9.99. The lowest BCUT2D eigenvalue weighted by Gasteiger charge is -2.29. The lowest BCUT2D eigenvalue weighted by molar-refractivity contribution is -0.121. The number of allylic oxidation sites excluding steroid dienone is 2. The largest absolute Gasteiger partial charge is 0.384 e. The van der Waals surface area contributed by atoms with Crippen molar-refractivity contribution in [2.24, 2.45) is 11.8 Å². The minimum absolute atomic E-state index is 0.0916. The molecule has 1 aromatic rings. The predicted octanol–water partition coefficient (Wildman–Crippen LogP) is 1.91. The van der Waals surface area contributed by atoms with Crippen LogP contribution < -0.4 is 16.0 Å². The zero-order valence-electron chi connectivity index (χ0n) is 15.9. The lowest BCUT2D eigenvalue weighted by Crippen LogP contribution is -2.41. The number of ether oxygens (including phenoxy) is 1. The van der Waals surface area contributed by atoms with Gasteiger partial charge in [0.25, 0.3) is 0 Å². The van der Waals surface area contributed by atoms with Crippen molar-refractivity contribution in [1.29, 1.82) is 0 Å². The fourth-order valence-corrected chi connectivity index (χ4v) is 5.04. The van der Waals surface area contributed by atoms with Crippen molar-refractivity contribution in [2.75, 3.05) is 30.3 Å². The second-order valence-corrected chi connectivity index (χ2v) is 7.98. The number of fused-ring (bicyclic) bond motifs is 1. The summed E-state index contributed by atoms with van der Waals surface area (Å²) in [7, 11) is 0. The highest BCUT2D eigenvalue weighted by atomic mass is 16.5. The van der Waals surface area contributed by atoms with E-state index in [1.54, 1.807) is 0 Å². The van der Waals surface area contributed by atoms with Gasteiger partial charge in [-0.15, -0.1) is 0 Å². The topological polar surface area (TPSA) is 93.4 Å². The van der Waals surface area contributed by atoms with Crippen molar-refractivity contribution in [2.45, 2.75) is 50.7 Å². The second kappa shape index (κ2) is 7.46. The standard InChI is InChI=1S/C20H29N5O2/c1-2-3-4-5-6-19(26)22-10-14-15-11-25(18-9-17(21)23-13-24-18)12-20(15)8-7-16(14)27-20/h2-3,9,13-16H,4-8,10-12H2,1H3,(H,22,26)(H2,21,23,24)/t14-,15+,16+,20+/m0/s1. The van der Waals surface area contributed by atoms with Crippen molar-refractivity contribution < 1.29 is 9.53 Å². The van der Waals surface area contributed by atoms with Crippen molar-refractivity contribution >= 4 is 17.5 Å². The van der Waals surface area contributed by atoms with Gasteiger partial charge in [-0.25, -0.2) is 9.97 Å². The summed E-state index contributed by atoms with van der Waals surface area (Å²) in [6, 6.07) is 1.83. The predicted molar refractivity (Wildman–Crippen MR) is 104 cm³/mol. The maximum absolute atomic E-state index is 12.2. The molecule has 7 nitrogen and oxygen atoms in total. The molecule has 0 aromatic carbocycles. The lowest BCUT2D eigenvalue weighted by atomic mass is 9.73. The van der Waals surface area contributed by atoms with Gasteiger partial charge >= 0.3 is 0 Å². The summed E-state index contributed by atoms with van der Waals surface area (Å²) in [5.41, 5.74) is 5.73. The summed E-state index contributed by atoms with van der Waals surface area (Å²) in [5, 5.41) is 3.15. The van der Waals surface area contributed by atoms with Gasteiger partial charge in [0.2, 0.25) is 5.91 Å². The molecular weight excluding hydrogens is 342 g/mol. The molecule has 0 aliphatic carbocycles. The van der Waals surface area contributed by atoms with Crippen molar-refractivity contribution in [1.82, 2.24) is 15.3 Å². The van der Waals surface area contributed by atoms with Gasteiger partial charge in [-0.05, 0) is 32.6 Å². The second-order valence-electron chi connectivity index (χ2n) is 7.98. The molecule has 4 rings (SSSR count). The summed E-state index contributed by atoms with van der Waals surface area (Å²) < 4.78 is 6.45. The van der Waals surface area contributed by atoms with Crippen LogP contribution in [0.4, 0.5) is 11.6 Å². The molecule has 3 aliphatic rings. The van der Waals surface area contributed by atoms with Gasteiger partial charge in [0, 0.05) is 44.0 Å². The Balaban J connectivity index is 1.36. The Morgan fingerprint density at radius 2 is 2.41 bits per heavy atom. The van der Waals surface area contributed by atoms with Gasteiger partial charge in [0.1, 0.15) is 18.0 Å². The third-order valence-electron chi connectivity index (χ3n) is 6.33. The Labute approximate surface area is 160 Å². The summed E-state index contributed by atoms with van der Waals surface area (Å²) in [6.45, 7) is 4.46. The Morgan fingerprint density at radius 1 is 1.52 bits per heavy atom. The van der Waals surface area contributed by atoms with E-state index < -0.39 is 0 Å². The molecule has 2 bridgehead atoms. The molecule has 3 N–H and O–H groups in total. The Hall–Kier alpha value is -2.15. The number of nitrogen functional groups attached to an aromatic ring is 1. The van der Waals surface area contributed by atoms with E-state index in [0.717, 1.165) is 44.6 Å². The number of unbranched alkanes of at least 4 members (excludes halogenated alkanes) is 1. The van der Waals surface area contributed by atoms with Crippen molar-refractivity contribution in [3.8, 4) is 0 Å². The fourth-order valence-electron chi connectivity index (χ4n) is 5.04. The summed E-state index contributed by atoms with van der Waals surface area (Å²) in [6.07, 6.45) is 10.5. The van der Waals surface area contributed by atoms with E-state index in [9.17, 15) is 4.79 Å². The number of aromatic nitrogens is 2. The SMILES string of the molecule is CC=CCCCC(=O)NC[C@H]1[C@H]2CN(c3cc(N)ncn3)C[C@]23CC[C@H]1O3. The van der Waals surface area contributed by atoms with E-state index in [2.05, 4.69) is 26.3 Å². The van der Waals surface area contributed by atoms with Crippen LogP contribution in [0.15, 0.2) is 24.5 Å². The minimum Gasteiger partial charge on any atom is -0.384 e. The Bertz CT molecular complexity index is 724. The molecule has 27 heavy (non-hydrogen) atoms. The molecule has 4 atom stereocenters. The third-order valence-corrected chi connectivity index (χ3v) is 6.33. The zero-order valence-corrected chi connectivity index (χ0v) is 15.9. The van der Waals surface area contributed by atoms with E-state index in [0.29, 0.717) is 30.6 Å². The molecular formula is C20H29N5O2. The summed E-state index contributed by atoms with van der Waals surface area (Å²) in [5.74, 6) is 2.31. The first-order chi connectivity index (χ1) is 13.1.